The van der Waals surface area contributed by atoms with Gasteiger partial charge in [-0.3, -0.25) is 9.78 Å². The Kier molecular flexibility index (Phi) is 3.51. The van der Waals surface area contributed by atoms with Crippen LogP contribution >= 0.6 is 0 Å². The predicted octanol–water partition coefficient (Wildman–Crippen LogP) is 1.33. The minimum absolute atomic E-state index is 0.119. The summed E-state index contributed by atoms with van der Waals surface area (Å²) in [5, 5.41) is 6.17. The first kappa shape index (κ1) is 11.1. The number of pyridine rings is 1. The van der Waals surface area contributed by atoms with Gasteiger partial charge in [0.05, 0.1) is 11.9 Å². The molecule has 1 fully saturated rings. The second-order valence-electron chi connectivity index (χ2n) is 4.26. The fourth-order valence-corrected chi connectivity index (χ4v) is 1.95. The summed E-state index contributed by atoms with van der Waals surface area (Å²) in [4.78, 5) is 16.0. The molecular weight excluding hydrogens is 202 g/mol. The lowest BCUT2D eigenvalue weighted by atomic mass is 9.97. The number of aromatic nitrogens is 1. The third kappa shape index (κ3) is 2.79. The van der Waals surface area contributed by atoms with Gasteiger partial charge >= 0.3 is 0 Å². The molecule has 1 aliphatic rings. The fourth-order valence-electron chi connectivity index (χ4n) is 1.95. The highest BCUT2D eigenvalue weighted by atomic mass is 16.1. The van der Waals surface area contributed by atoms with E-state index in [4.69, 9.17) is 0 Å². The lowest BCUT2D eigenvalue weighted by Crippen LogP contribution is -2.34. The summed E-state index contributed by atoms with van der Waals surface area (Å²) < 4.78 is 0. The molecule has 0 bridgehead atoms. The van der Waals surface area contributed by atoms with Crippen molar-refractivity contribution < 1.29 is 4.79 Å². The Bertz CT molecular complexity index is 372. The smallest absolute Gasteiger partial charge is 0.227 e. The average molecular weight is 219 g/mol. The Morgan fingerprint density at radius 3 is 2.88 bits per heavy atom. The zero-order chi connectivity index (χ0) is 11.4. The summed E-state index contributed by atoms with van der Waals surface area (Å²) in [6, 6.07) is 1.94. The highest BCUT2D eigenvalue weighted by Crippen LogP contribution is 2.15. The van der Waals surface area contributed by atoms with Crippen molar-refractivity contribution >= 4 is 11.6 Å². The van der Waals surface area contributed by atoms with E-state index in [1.807, 2.05) is 13.0 Å². The van der Waals surface area contributed by atoms with Gasteiger partial charge in [0, 0.05) is 12.1 Å². The normalized spacial score (nSPS) is 17.1. The van der Waals surface area contributed by atoms with Crippen LogP contribution < -0.4 is 10.6 Å². The quantitative estimate of drug-likeness (QED) is 0.789. The first-order chi connectivity index (χ1) is 7.75. The van der Waals surface area contributed by atoms with Gasteiger partial charge < -0.3 is 10.6 Å². The number of piperidine rings is 1. The zero-order valence-electron chi connectivity index (χ0n) is 9.49. The van der Waals surface area contributed by atoms with Gasteiger partial charge in [0.15, 0.2) is 0 Å². The standard InChI is InChI=1S/C12H17N3O/c1-9-6-11(8-14-7-9)15-12(16)10-2-4-13-5-3-10/h6-8,10,13H,2-5H2,1H3,(H,15,16). The zero-order valence-corrected chi connectivity index (χ0v) is 9.49. The SMILES string of the molecule is Cc1cncc(NC(=O)C2CCNCC2)c1. The van der Waals surface area contributed by atoms with E-state index in [1.165, 1.54) is 0 Å². The van der Waals surface area contributed by atoms with Crippen molar-refractivity contribution in [1.29, 1.82) is 0 Å². The Morgan fingerprint density at radius 1 is 1.44 bits per heavy atom. The van der Waals surface area contributed by atoms with Gasteiger partial charge in [0.25, 0.3) is 0 Å². The van der Waals surface area contributed by atoms with Crippen molar-refractivity contribution in [3.63, 3.8) is 0 Å². The van der Waals surface area contributed by atoms with Crippen LogP contribution in [0.25, 0.3) is 0 Å². The number of nitrogens with one attached hydrogen (secondary N) is 2. The maximum atomic E-state index is 11.9. The lowest BCUT2D eigenvalue weighted by Gasteiger charge is -2.21. The van der Waals surface area contributed by atoms with Gasteiger partial charge in [-0.2, -0.15) is 0 Å². The van der Waals surface area contributed by atoms with Crippen LogP contribution in [0.1, 0.15) is 18.4 Å². The largest absolute Gasteiger partial charge is 0.324 e. The summed E-state index contributed by atoms with van der Waals surface area (Å²) in [5.74, 6) is 0.260. The first-order valence-corrected chi connectivity index (χ1v) is 5.69. The molecule has 2 rings (SSSR count). The van der Waals surface area contributed by atoms with Crippen LogP contribution in [0.3, 0.4) is 0 Å². The molecule has 0 saturated carbocycles. The van der Waals surface area contributed by atoms with E-state index in [9.17, 15) is 4.79 Å². The topological polar surface area (TPSA) is 54.0 Å². The molecule has 0 aromatic carbocycles. The van der Waals surface area contributed by atoms with Crippen molar-refractivity contribution in [3.8, 4) is 0 Å². The van der Waals surface area contributed by atoms with E-state index in [-0.39, 0.29) is 11.8 Å². The van der Waals surface area contributed by atoms with Crippen LogP contribution in [-0.2, 0) is 4.79 Å². The van der Waals surface area contributed by atoms with Crippen LogP contribution in [0, 0.1) is 12.8 Å². The monoisotopic (exact) mass is 219 g/mol. The molecule has 1 aliphatic heterocycles. The van der Waals surface area contributed by atoms with E-state index >= 15 is 0 Å². The van der Waals surface area contributed by atoms with Gasteiger partial charge in [-0.25, -0.2) is 0 Å². The van der Waals surface area contributed by atoms with Crippen LogP contribution in [0.15, 0.2) is 18.5 Å². The van der Waals surface area contributed by atoms with Crippen molar-refractivity contribution in [2.24, 2.45) is 5.92 Å². The Balaban J connectivity index is 1.96. The van der Waals surface area contributed by atoms with Gasteiger partial charge in [-0.15, -0.1) is 0 Å². The number of carbonyl (C=O) groups excluding carboxylic acids is 1. The first-order valence-electron chi connectivity index (χ1n) is 5.69. The summed E-state index contributed by atoms with van der Waals surface area (Å²) >= 11 is 0. The highest BCUT2D eigenvalue weighted by Gasteiger charge is 2.20. The molecular formula is C12H17N3O. The van der Waals surface area contributed by atoms with Crippen molar-refractivity contribution in [2.75, 3.05) is 18.4 Å². The number of hydrogen-bond acceptors (Lipinski definition) is 3. The summed E-state index contributed by atoms with van der Waals surface area (Å²) in [6.07, 6.45) is 5.31. The second-order valence-corrected chi connectivity index (χ2v) is 4.26. The summed E-state index contributed by atoms with van der Waals surface area (Å²) in [5.41, 5.74) is 1.85. The number of hydrogen-bond donors (Lipinski definition) is 2. The molecule has 1 amide bonds. The van der Waals surface area contributed by atoms with Gasteiger partial charge in [-0.05, 0) is 44.5 Å². The number of aryl methyl sites for hydroxylation is 1. The Hall–Kier alpha value is -1.42. The number of anilines is 1. The minimum Gasteiger partial charge on any atom is -0.324 e. The molecule has 0 radical (unpaired) electrons. The maximum Gasteiger partial charge on any atom is 0.227 e. The average Bonchev–Trinajstić information content (AvgIpc) is 2.30. The second kappa shape index (κ2) is 5.07. The Labute approximate surface area is 95.5 Å². The summed E-state index contributed by atoms with van der Waals surface area (Å²) in [7, 11) is 0. The van der Waals surface area contributed by atoms with E-state index in [0.717, 1.165) is 37.2 Å². The highest BCUT2D eigenvalue weighted by molar-refractivity contribution is 5.92. The van der Waals surface area contributed by atoms with Crippen LogP contribution in [0.4, 0.5) is 5.69 Å². The predicted molar refractivity (Wildman–Crippen MR) is 63.2 cm³/mol. The molecule has 2 N–H and O–H groups in total. The Morgan fingerprint density at radius 2 is 2.19 bits per heavy atom. The number of nitrogens with zero attached hydrogens (tertiary/aromatic N) is 1. The van der Waals surface area contributed by atoms with E-state index < -0.39 is 0 Å². The molecule has 0 spiro atoms. The third-order valence-corrected chi connectivity index (χ3v) is 2.85. The van der Waals surface area contributed by atoms with Crippen LogP contribution in [0.5, 0.6) is 0 Å². The van der Waals surface area contributed by atoms with Gasteiger partial charge in [0.1, 0.15) is 0 Å². The van der Waals surface area contributed by atoms with E-state index in [0.29, 0.717) is 0 Å². The molecule has 4 nitrogen and oxygen atoms in total. The summed E-state index contributed by atoms with van der Waals surface area (Å²) in [6.45, 7) is 3.83. The van der Waals surface area contributed by atoms with Crippen LogP contribution in [-0.4, -0.2) is 24.0 Å². The van der Waals surface area contributed by atoms with E-state index in [2.05, 4.69) is 15.6 Å². The minimum atomic E-state index is 0.119. The van der Waals surface area contributed by atoms with Gasteiger partial charge in [0.2, 0.25) is 5.91 Å². The molecule has 4 heteroatoms. The molecule has 0 unspecified atom stereocenters. The fraction of sp³-hybridized carbons (Fsp3) is 0.500. The molecule has 0 atom stereocenters. The number of carbonyl (C=O) groups is 1. The van der Waals surface area contributed by atoms with Crippen molar-refractivity contribution in [3.05, 3.63) is 24.0 Å². The van der Waals surface area contributed by atoms with Gasteiger partial charge in [-0.1, -0.05) is 0 Å². The van der Waals surface area contributed by atoms with Crippen molar-refractivity contribution in [2.45, 2.75) is 19.8 Å². The molecule has 1 aromatic rings. The number of amides is 1. The maximum absolute atomic E-state index is 11.9. The third-order valence-electron chi connectivity index (χ3n) is 2.85. The molecule has 2 heterocycles. The van der Waals surface area contributed by atoms with E-state index in [1.54, 1.807) is 12.4 Å². The molecule has 0 aliphatic carbocycles. The molecule has 1 aromatic heterocycles. The van der Waals surface area contributed by atoms with Crippen LogP contribution in [0.2, 0.25) is 0 Å². The lowest BCUT2D eigenvalue weighted by molar-refractivity contribution is -0.120. The molecule has 86 valence electrons. The number of rotatable bonds is 2. The molecule has 1 saturated heterocycles. The molecule has 16 heavy (non-hydrogen) atoms. The van der Waals surface area contributed by atoms with Crippen molar-refractivity contribution in [1.82, 2.24) is 10.3 Å².